The van der Waals surface area contributed by atoms with Gasteiger partial charge in [0.15, 0.2) is 0 Å². The number of carbonyl (C=O) groups is 1. The Morgan fingerprint density at radius 3 is 1.69 bits per heavy atom. The Morgan fingerprint density at radius 1 is 0.828 bits per heavy atom. The van der Waals surface area contributed by atoms with E-state index < -0.39 is 18.8 Å². The summed E-state index contributed by atoms with van der Waals surface area (Å²) in [5.41, 5.74) is 1.03. The Morgan fingerprint density at radius 2 is 1.28 bits per heavy atom. The molecule has 0 amide bonds. The summed E-state index contributed by atoms with van der Waals surface area (Å²) in [6.07, 6.45) is 0. The molecule has 0 heterocycles. The van der Waals surface area contributed by atoms with Crippen LogP contribution >= 0.6 is 23.2 Å². The van der Waals surface area contributed by atoms with E-state index in [1.54, 1.807) is 0 Å². The van der Waals surface area contributed by atoms with Crippen molar-refractivity contribution in [1.82, 2.24) is 0 Å². The van der Waals surface area contributed by atoms with Crippen molar-refractivity contribution in [2.75, 3.05) is 0 Å². The van der Waals surface area contributed by atoms with Crippen LogP contribution in [0.15, 0.2) is 78.9 Å². The molecule has 0 atom stereocenters. The Balaban J connectivity index is 2.21. The second kappa shape index (κ2) is 9.11. The first-order valence-corrected chi connectivity index (χ1v) is 16.3. The molecular formula is C24H24Cl2O2Sn. The van der Waals surface area contributed by atoms with Gasteiger partial charge in [-0.2, -0.15) is 0 Å². The second-order valence-electron chi connectivity index (χ2n) is 7.86. The van der Waals surface area contributed by atoms with Crippen LogP contribution in [0.5, 0.6) is 0 Å². The first kappa shape index (κ1) is 22.2. The predicted octanol–water partition coefficient (Wildman–Crippen LogP) is 5.59. The predicted molar refractivity (Wildman–Crippen MR) is 124 cm³/mol. The van der Waals surface area contributed by atoms with E-state index in [0.29, 0.717) is 10.0 Å². The summed E-state index contributed by atoms with van der Waals surface area (Å²) in [5.74, 6) is -0.255. The number of rotatable bonds is 6. The molecule has 0 aromatic heterocycles. The molecule has 3 rings (SSSR count). The maximum absolute atomic E-state index is 12.3. The maximum atomic E-state index is 12.3. The molecule has 0 bridgehead atoms. The van der Waals surface area contributed by atoms with Gasteiger partial charge >= 0.3 is 188 Å². The molecule has 29 heavy (non-hydrogen) atoms. The zero-order chi connectivity index (χ0) is 21.1. The summed E-state index contributed by atoms with van der Waals surface area (Å²) < 4.78 is 9.24. The average Bonchev–Trinajstić information content (AvgIpc) is 2.68. The van der Waals surface area contributed by atoms with Crippen LogP contribution in [-0.2, 0) is 13.3 Å². The van der Waals surface area contributed by atoms with Crippen LogP contribution in [0.4, 0.5) is 0 Å². The fourth-order valence-corrected chi connectivity index (χ4v) is 16.6. The summed E-state index contributed by atoms with van der Waals surface area (Å²) >= 11 is 8.38. The van der Waals surface area contributed by atoms with Gasteiger partial charge in [0.05, 0.1) is 0 Å². The van der Waals surface area contributed by atoms with Gasteiger partial charge in [0.2, 0.25) is 0 Å². The fourth-order valence-electron chi connectivity index (χ4n) is 3.82. The van der Waals surface area contributed by atoms with Gasteiger partial charge in [-0.25, -0.2) is 0 Å². The number of benzene rings is 3. The van der Waals surface area contributed by atoms with Crippen molar-refractivity contribution in [3.05, 3.63) is 94.5 Å². The summed E-state index contributed by atoms with van der Waals surface area (Å²) in [4.78, 5) is 12.3. The Kier molecular flexibility index (Phi) is 6.98. The van der Waals surface area contributed by atoms with E-state index in [9.17, 15) is 4.79 Å². The Bertz CT molecular complexity index is 923. The molecule has 2 nitrogen and oxygen atoms in total. The van der Waals surface area contributed by atoms with Crippen molar-refractivity contribution >= 4 is 55.1 Å². The number of hydrogen-bond donors (Lipinski definition) is 0. The standard InChI is InChI=1S/C10H13.2C6H4Cl.C2H4O2.Sn/c1-10(2,3)9-7-5-4-6-8-9;2*7-6-4-2-1-3-5-6;1-2(3)4;/h4-8H,1H2,2-3H3;2*2-5H;1H3,(H,3,4);/q;;;;+1/p-1. The van der Waals surface area contributed by atoms with Crippen molar-refractivity contribution < 1.29 is 7.87 Å². The zero-order valence-corrected chi connectivity index (χ0v) is 21.2. The monoisotopic (exact) mass is 534 g/mol. The molecular weight excluding hydrogens is 510 g/mol. The quantitative estimate of drug-likeness (QED) is 0.386. The first-order chi connectivity index (χ1) is 13.7. The van der Waals surface area contributed by atoms with Crippen molar-refractivity contribution in [2.24, 2.45) is 0 Å². The van der Waals surface area contributed by atoms with E-state index >= 15 is 0 Å². The second-order valence-corrected chi connectivity index (χ2v) is 18.3. The Labute approximate surface area is 187 Å². The third-order valence-electron chi connectivity index (χ3n) is 5.19. The van der Waals surface area contributed by atoms with E-state index in [1.165, 1.54) is 12.5 Å². The Hall–Kier alpha value is -1.49. The topological polar surface area (TPSA) is 26.3 Å². The summed E-state index contributed by atoms with van der Waals surface area (Å²) in [5, 5.41) is 1.32. The molecule has 0 aliphatic heterocycles. The molecule has 0 aliphatic rings. The molecule has 0 spiro atoms. The number of halogens is 2. The number of hydrogen-bond acceptors (Lipinski definition) is 2. The van der Waals surface area contributed by atoms with Crippen LogP contribution in [0.3, 0.4) is 0 Å². The van der Waals surface area contributed by atoms with Gasteiger partial charge < -0.3 is 0 Å². The van der Waals surface area contributed by atoms with Crippen LogP contribution in [0.2, 0.25) is 14.5 Å². The van der Waals surface area contributed by atoms with Crippen LogP contribution in [-0.4, -0.2) is 24.8 Å². The molecule has 5 heteroatoms. The van der Waals surface area contributed by atoms with Gasteiger partial charge in [0, 0.05) is 0 Å². The number of carbonyl (C=O) groups excluding carboxylic acids is 1. The van der Waals surface area contributed by atoms with Gasteiger partial charge in [0.25, 0.3) is 0 Å². The molecule has 0 N–H and O–H groups in total. The normalized spacial score (nSPS) is 11.9. The molecule has 0 unspecified atom stereocenters. The van der Waals surface area contributed by atoms with Crippen molar-refractivity contribution in [1.29, 1.82) is 0 Å². The van der Waals surface area contributed by atoms with E-state index in [2.05, 4.69) is 26.0 Å². The third-order valence-corrected chi connectivity index (χ3v) is 18.7. The molecule has 0 aliphatic carbocycles. The molecule has 0 saturated carbocycles. The van der Waals surface area contributed by atoms with Crippen LogP contribution in [0.25, 0.3) is 0 Å². The van der Waals surface area contributed by atoms with Gasteiger partial charge in [-0.1, -0.05) is 0 Å². The molecule has 0 saturated heterocycles. The molecule has 0 fully saturated rings. The van der Waals surface area contributed by atoms with E-state index in [-0.39, 0.29) is 11.4 Å². The van der Waals surface area contributed by atoms with Crippen LogP contribution in [0, 0.1) is 0 Å². The third kappa shape index (κ3) is 5.17. The van der Waals surface area contributed by atoms with Gasteiger partial charge in [-0.15, -0.1) is 0 Å². The minimum absolute atomic E-state index is 0.188. The SMILES string of the molecule is CC(=O)[O][Sn]([CH2]C(C)(C)c1ccccc1)([c]1ccc(Cl)cc1)[c]1ccc(Cl)cc1. The van der Waals surface area contributed by atoms with Crippen LogP contribution < -0.4 is 7.16 Å². The van der Waals surface area contributed by atoms with Crippen LogP contribution in [0.1, 0.15) is 26.3 Å². The van der Waals surface area contributed by atoms with Gasteiger partial charge in [-0.05, 0) is 0 Å². The van der Waals surface area contributed by atoms with Crippen molar-refractivity contribution in [2.45, 2.75) is 30.6 Å². The first-order valence-electron chi connectivity index (χ1n) is 9.50. The van der Waals surface area contributed by atoms with E-state index in [0.717, 1.165) is 11.6 Å². The van der Waals surface area contributed by atoms with Gasteiger partial charge in [-0.3, -0.25) is 0 Å². The molecule has 150 valence electrons. The van der Waals surface area contributed by atoms with E-state index in [1.807, 2.05) is 66.7 Å². The minimum atomic E-state index is -3.94. The summed E-state index contributed by atoms with van der Waals surface area (Å²) in [6.45, 7) is 5.92. The summed E-state index contributed by atoms with van der Waals surface area (Å²) in [7, 11) is 0. The van der Waals surface area contributed by atoms with Crippen molar-refractivity contribution in [3.8, 4) is 0 Å². The molecule has 3 aromatic carbocycles. The molecule has 3 aromatic rings. The van der Waals surface area contributed by atoms with Gasteiger partial charge in [0.1, 0.15) is 0 Å². The molecule has 0 radical (unpaired) electrons. The zero-order valence-electron chi connectivity index (χ0n) is 16.8. The average molecular weight is 534 g/mol. The van der Waals surface area contributed by atoms with Crippen molar-refractivity contribution in [3.63, 3.8) is 0 Å². The fraction of sp³-hybridized carbons (Fsp3) is 0.208. The van der Waals surface area contributed by atoms with E-state index in [4.69, 9.17) is 26.3 Å². The summed E-state index contributed by atoms with van der Waals surface area (Å²) in [6, 6.07) is 25.9.